The highest BCUT2D eigenvalue weighted by Gasteiger charge is 2.40. The topological polar surface area (TPSA) is 17.1 Å². The lowest BCUT2D eigenvalue weighted by molar-refractivity contribution is -0.122. The molecule has 0 aromatic heterocycles. The molecule has 1 heteroatoms. The van der Waals surface area contributed by atoms with Crippen molar-refractivity contribution in [3.8, 4) is 0 Å². The third-order valence-corrected chi connectivity index (χ3v) is 5.17. The molecule has 1 nitrogen and oxygen atoms in total. The zero-order valence-electron chi connectivity index (χ0n) is 10.6. The number of Topliss-reactive ketones (excluding diaryl/α,β-unsaturated/α-hetero) is 1. The zero-order valence-corrected chi connectivity index (χ0v) is 10.6. The number of carbonyl (C=O) groups excluding carboxylic acids is 1. The van der Waals surface area contributed by atoms with Crippen LogP contribution in [-0.2, 0) is 4.79 Å². The lowest BCUT2D eigenvalue weighted by atomic mass is 9.61. The fourth-order valence-corrected chi connectivity index (χ4v) is 4.31. The second kappa shape index (κ2) is 3.81. The molecule has 0 bridgehead atoms. The van der Waals surface area contributed by atoms with Gasteiger partial charge in [0.15, 0.2) is 0 Å². The molecule has 0 heterocycles. The first-order chi connectivity index (χ1) is 8.83. The molecule has 0 N–H and O–H groups in total. The maximum Gasteiger partial charge on any atom is 0.133 e. The molecular formula is C17H18O. The van der Waals surface area contributed by atoms with Gasteiger partial charge in [0.1, 0.15) is 5.78 Å². The highest BCUT2D eigenvalue weighted by Crippen LogP contribution is 2.50. The Balaban J connectivity index is 1.70. The van der Waals surface area contributed by atoms with Crippen LogP contribution in [-0.4, -0.2) is 5.78 Å². The monoisotopic (exact) mass is 238 g/mol. The summed E-state index contributed by atoms with van der Waals surface area (Å²) in [5, 5.41) is 0. The van der Waals surface area contributed by atoms with E-state index in [0.717, 1.165) is 19.3 Å². The second-order valence-electron chi connectivity index (χ2n) is 6.05. The fraction of sp³-hybridized carbons (Fsp3) is 0.471. The molecule has 2 saturated carbocycles. The number of hydrogen-bond donors (Lipinski definition) is 0. The first-order valence-electron chi connectivity index (χ1n) is 7.15. The van der Waals surface area contributed by atoms with Gasteiger partial charge in [-0.15, -0.1) is 0 Å². The van der Waals surface area contributed by atoms with E-state index in [-0.39, 0.29) is 0 Å². The van der Waals surface area contributed by atoms with E-state index >= 15 is 0 Å². The van der Waals surface area contributed by atoms with Gasteiger partial charge < -0.3 is 0 Å². The maximum absolute atomic E-state index is 11.6. The Hall–Kier alpha value is -1.37. The number of ketones is 1. The van der Waals surface area contributed by atoms with Gasteiger partial charge in [0.2, 0.25) is 0 Å². The Morgan fingerprint density at radius 1 is 1.06 bits per heavy atom. The van der Waals surface area contributed by atoms with Crippen LogP contribution in [0.15, 0.2) is 47.1 Å². The summed E-state index contributed by atoms with van der Waals surface area (Å²) >= 11 is 0. The van der Waals surface area contributed by atoms with Crippen LogP contribution in [0.25, 0.3) is 0 Å². The molecule has 0 aromatic carbocycles. The highest BCUT2D eigenvalue weighted by atomic mass is 16.1. The van der Waals surface area contributed by atoms with Crippen molar-refractivity contribution < 1.29 is 4.79 Å². The predicted molar refractivity (Wildman–Crippen MR) is 72.0 cm³/mol. The Morgan fingerprint density at radius 3 is 2.94 bits per heavy atom. The Morgan fingerprint density at radius 2 is 2.00 bits per heavy atom. The summed E-state index contributed by atoms with van der Waals surface area (Å²) in [6.07, 6.45) is 16.5. The summed E-state index contributed by atoms with van der Waals surface area (Å²) in [5.41, 5.74) is 4.56. The van der Waals surface area contributed by atoms with Crippen LogP contribution in [0.3, 0.4) is 0 Å². The van der Waals surface area contributed by atoms with Crippen molar-refractivity contribution in [3.63, 3.8) is 0 Å². The standard InChI is InChI=1S/C17H18O/c18-13-6-9-15-12(10-13)5-8-16-14-3-1-2-11(14)4-7-17(15)16/h1-4,7,12,15-16H,5-6,8-10H2. The normalized spacial score (nSPS) is 37.2. The fourth-order valence-electron chi connectivity index (χ4n) is 4.31. The molecule has 0 aliphatic heterocycles. The van der Waals surface area contributed by atoms with Gasteiger partial charge in [0, 0.05) is 18.8 Å². The van der Waals surface area contributed by atoms with E-state index in [4.69, 9.17) is 0 Å². The number of fused-ring (bicyclic) bond motifs is 5. The first-order valence-corrected chi connectivity index (χ1v) is 7.15. The minimum absolute atomic E-state index is 0.490. The molecule has 18 heavy (non-hydrogen) atoms. The third-order valence-electron chi connectivity index (χ3n) is 5.17. The molecule has 0 saturated heterocycles. The summed E-state index contributed by atoms with van der Waals surface area (Å²) in [6.45, 7) is 0. The maximum atomic E-state index is 11.6. The molecule has 3 unspecified atom stereocenters. The smallest absolute Gasteiger partial charge is 0.133 e. The molecule has 0 aromatic rings. The minimum atomic E-state index is 0.490. The van der Waals surface area contributed by atoms with E-state index in [0.29, 0.717) is 23.5 Å². The van der Waals surface area contributed by atoms with Gasteiger partial charge in [-0.25, -0.2) is 0 Å². The van der Waals surface area contributed by atoms with Crippen LogP contribution in [0.5, 0.6) is 0 Å². The van der Waals surface area contributed by atoms with E-state index in [1.807, 2.05) is 0 Å². The lowest BCUT2D eigenvalue weighted by Gasteiger charge is -2.43. The molecule has 0 radical (unpaired) electrons. The van der Waals surface area contributed by atoms with Gasteiger partial charge in [0.05, 0.1) is 0 Å². The number of allylic oxidation sites excluding steroid dienone is 8. The summed E-state index contributed by atoms with van der Waals surface area (Å²) < 4.78 is 0. The van der Waals surface area contributed by atoms with Crippen molar-refractivity contribution in [1.29, 1.82) is 0 Å². The van der Waals surface area contributed by atoms with E-state index < -0.39 is 0 Å². The molecular weight excluding hydrogens is 220 g/mol. The quantitative estimate of drug-likeness (QED) is 0.628. The van der Waals surface area contributed by atoms with Crippen molar-refractivity contribution in [1.82, 2.24) is 0 Å². The van der Waals surface area contributed by atoms with Crippen LogP contribution in [0.1, 0.15) is 32.1 Å². The molecule has 3 atom stereocenters. The van der Waals surface area contributed by atoms with Crippen LogP contribution < -0.4 is 0 Å². The minimum Gasteiger partial charge on any atom is -0.300 e. The highest BCUT2D eigenvalue weighted by molar-refractivity contribution is 5.79. The molecule has 4 aliphatic rings. The molecule has 0 spiro atoms. The van der Waals surface area contributed by atoms with Gasteiger partial charge in [-0.2, -0.15) is 0 Å². The summed E-state index contributed by atoms with van der Waals surface area (Å²) in [6, 6.07) is 0. The van der Waals surface area contributed by atoms with Gasteiger partial charge in [-0.05, 0) is 42.2 Å². The SMILES string of the molecule is O=C1CCC2C3=CC=C4C=CC=C4C3CCC2C1. The van der Waals surface area contributed by atoms with Crippen LogP contribution in [0.4, 0.5) is 0 Å². The average Bonchev–Trinajstić information content (AvgIpc) is 2.86. The van der Waals surface area contributed by atoms with E-state index in [1.165, 1.54) is 24.0 Å². The van der Waals surface area contributed by atoms with Gasteiger partial charge in [-0.3, -0.25) is 4.79 Å². The van der Waals surface area contributed by atoms with Crippen LogP contribution >= 0.6 is 0 Å². The van der Waals surface area contributed by atoms with Crippen LogP contribution in [0.2, 0.25) is 0 Å². The predicted octanol–water partition coefficient (Wildman–Crippen LogP) is 3.74. The second-order valence-corrected chi connectivity index (χ2v) is 6.05. The molecule has 0 amide bonds. The van der Waals surface area contributed by atoms with Crippen molar-refractivity contribution in [2.75, 3.05) is 0 Å². The summed E-state index contributed by atoms with van der Waals surface area (Å²) in [7, 11) is 0. The number of carbonyl (C=O) groups is 1. The van der Waals surface area contributed by atoms with Crippen molar-refractivity contribution >= 4 is 5.78 Å². The third kappa shape index (κ3) is 1.43. The van der Waals surface area contributed by atoms with E-state index in [9.17, 15) is 4.79 Å². The molecule has 4 aliphatic carbocycles. The Bertz CT molecular complexity index is 530. The Kier molecular flexibility index (Phi) is 2.23. The lowest BCUT2D eigenvalue weighted by Crippen LogP contribution is -2.34. The van der Waals surface area contributed by atoms with Gasteiger partial charge >= 0.3 is 0 Å². The van der Waals surface area contributed by atoms with Crippen molar-refractivity contribution in [3.05, 3.63) is 47.1 Å². The van der Waals surface area contributed by atoms with E-state index in [1.54, 1.807) is 5.57 Å². The molecule has 4 rings (SSSR count). The van der Waals surface area contributed by atoms with E-state index in [2.05, 4.69) is 30.4 Å². The van der Waals surface area contributed by atoms with Gasteiger partial charge in [-0.1, -0.05) is 36.0 Å². The number of hydrogen-bond acceptors (Lipinski definition) is 1. The first kappa shape index (κ1) is 10.5. The van der Waals surface area contributed by atoms with Gasteiger partial charge in [0.25, 0.3) is 0 Å². The summed E-state index contributed by atoms with van der Waals surface area (Å²) in [4.78, 5) is 11.6. The Labute approximate surface area is 108 Å². The molecule has 2 fully saturated rings. The van der Waals surface area contributed by atoms with Crippen LogP contribution in [0, 0.1) is 17.8 Å². The number of rotatable bonds is 0. The largest absolute Gasteiger partial charge is 0.300 e. The average molecular weight is 238 g/mol. The van der Waals surface area contributed by atoms with Crippen molar-refractivity contribution in [2.45, 2.75) is 32.1 Å². The zero-order chi connectivity index (χ0) is 12.1. The summed E-state index contributed by atoms with van der Waals surface area (Å²) in [5.74, 6) is 2.46. The molecule has 92 valence electrons. The van der Waals surface area contributed by atoms with Crippen molar-refractivity contribution in [2.24, 2.45) is 17.8 Å².